The van der Waals surface area contributed by atoms with Crippen LogP contribution in [0.4, 0.5) is 0 Å². The first kappa shape index (κ1) is 18.5. The van der Waals surface area contributed by atoms with Gasteiger partial charge in [-0.15, -0.1) is 0 Å². The molecule has 1 saturated carbocycles. The van der Waals surface area contributed by atoms with Crippen LogP contribution >= 0.6 is 0 Å². The number of carbonyl (C=O) groups excluding carboxylic acids is 1. The number of hydrogen-bond donors (Lipinski definition) is 0. The third kappa shape index (κ3) is 13.7. The van der Waals surface area contributed by atoms with E-state index in [1.54, 1.807) is 0 Å². The van der Waals surface area contributed by atoms with Gasteiger partial charge >= 0.3 is 0 Å². The standard InChI is InChI=1S/C14H28.C3H6O2/c1-2-3-4-5-6-7-8-9-11-14-12-10-13-14;1-2-3(4)5/h14H,2-13H2,1H3;2H2,1H3,(H,4,5)/p-1. The molecule has 0 spiro atoms. The Kier molecular flexibility index (Phi) is 13.5. The van der Waals surface area contributed by atoms with E-state index in [0.717, 1.165) is 5.92 Å². The molecule has 1 fully saturated rings. The molecule has 114 valence electrons. The molecule has 1 aliphatic carbocycles. The van der Waals surface area contributed by atoms with Gasteiger partial charge in [0.15, 0.2) is 0 Å². The Labute approximate surface area is 120 Å². The van der Waals surface area contributed by atoms with Gasteiger partial charge in [-0.05, 0) is 12.3 Å². The molecule has 0 radical (unpaired) electrons. The van der Waals surface area contributed by atoms with Gasteiger partial charge in [0, 0.05) is 5.97 Å². The SMILES string of the molecule is CCC(=O)[O-].CCCCCCCCCCC1CCC1. The zero-order chi connectivity index (χ0) is 14.3. The van der Waals surface area contributed by atoms with Gasteiger partial charge in [-0.1, -0.05) is 90.9 Å². The van der Waals surface area contributed by atoms with Crippen molar-refractivity contribution >= 4 is 5.97 Å². The fourth-order valence-corrected chi connectivity index (χ4v) is 2.35. The van der Waals surface area contributed by atoms with Crippen molar-refractivity contribution in [3.8, 4) is 0 Å². The molecular weight excluding hydrogens is 236 g/mol. The molecule has 1 aliphatic rings. The maximum absolute atomic E-state index is 9.26. The molecular formula is C17H33O2-. The van der Waals surface area contributed by atoms with E-state index in [0.29, 0.717) is 0 Å². The van der Waals surface area contributed by atoms with Crippen molar-refractivity contribution in [1.82, 2.24) is 0 Å². The normalized spacial score (nSPS) is 14.4. The molecule has 19 heavy (non-hydrogen) atoms. The van der Waals surface area contributed by atoms with Crippen LogP contribution in [0.5, 0.6) is 0 Å². The van der Waals surface area contributed by atoms with Crippen LogP contribution in [-0.2, 0) is 4.79 Å². The van der Waals surface area contributed by atoms with Crippen LogP contribution in [-0.4, -0.2) is 5.97 Å². The van der Waals surface area contributed by atoms with Crippen molar-refractivity contribution < 1.29 is 9.90 Å². The highest BCUT2D eigenvalue weighted by Gasteiger charge is 2.15. The summed E-state index contributed by atoms with van der Waals surface area (Å²) < 4.78 is 0. The maximum atomic E-state index is 9.26. The fraction of sp³-hybridized carbons (Fsp3) is 0.941. The Morgan fingerprint density at radius 3 is 1.79 bits per heavy atom. The highest BCUT2D eigenvalue weighted by atomic mass is 16.4. The van der Waals surface area contributed by atoms with Gasteiger partial charge in [0.1, 0.15) is 0 Å². The Balaban J connectivity index is 0.000000555. The Morgan fingerprint density at radius 2 is 1.42 bits per heavy atom. The van der Waals surface area contributed by atoms with E-state index in [2.05, 4.69) is 6.92 Å². The summed E-state index contributed by atoms with van der Waals surface area (Å²) >= 11 is 0. The minimum atomic E-state index is -0.995. The maximum Gasteiger partial charge on any atom is 0.0411 e. The first-order chi connectivity index (χ1) is 9.20. The van der Waals surface area contributed by atoms with E-state index in [4.69, 9.17) is 0 Å². The van der Waals surface area contributed by atoms with E-state index in [1.165, 1.54) is 84.0 Å². The first-order valence-corrected chi connectivity index (χ1v) is 8.40. The molecule has 0 N–H and O–H groups in total. The van der Waals surface area contributed by atoms with Gasteiger partial charge in [0.25, 0.3) is 0 Å². The molecule has 0 bridgehead atoms. The molecule has 0 aromatic rings. The molecule has 0 amide bonds. The van der Waals surface area contributed by atoms with Gasteiger partial charge in [0.2, 0.25) is 0 Å². The molecule has 0 atom stereocenters. The van der Waals surface area contributed by atoms with Crippen molar-refractivity contribution in [2.24, 2.45) is 5.92 Å². The Bertz CT molecular complexity index is 197. The lowest BCUT2D eigenvalue weighted by Crippen LogP contribution is -2.19. The van der Waals surface area contributed by atoms with Gasteiger partial charge in [0.05, 0.1) is 0 Å². The number of unbranched alkanes of at least 4 members (excludes halogenated alkanes) is 7. The summed E-state index contributed by atoms with van der Waals surface area (Å²) in [4.78, 5) is 9.26. The third-order valence-electron chi connectivity index (χ3n) is 3.98. The van der Waals surface area contributed by atoms with Crippen molar-refractivity contribution in [2.75, 3.05) is 0 Å². The number of carboxylic acids is 1. The van der Waals surface area contributed by atoms with Crippen LogP contribution < -0.4 is 5.11 Å². The lowest BCUT2D eigenvalue weighted by molar-refractivity contribution is -0.305. The van der Waals surface area contributed by atoms with Crippen LogP contribution in [0.1, 0.15) is 97.3 Å². The number of carbonyl (C=O) groups is 1. The molecule has 0 heterocycles. The predicted molar refractivity (Wildman–Crippen MR) is 79.9 cm³/mol. The minimum Gasteiger partial charge on any atom is -0.550 e. The van der Waals surface area contributed by atoms with Gasteiger partial charge in [-0.2, -0.15) is 0 Å². The van der Waals surface area contributed by atoms with E-state index in [9.17, 15) is 9.90 Å². The minimum absolute atomic E-state index is 0.111. The lowest BCUT2D eigenvalue weighted by atomic mass is 9.81. The van der Waals surface area contributed by atoms with Crippen molar-refractivity contribution in [1.29, 1.82) is 0 Å². The second-order valence-corrected chi connectivity index (χ2v) is 5.79. The largest absolute Gasteiger partial charge is 0.550 e. The first-order valence-electron chi connectivity index (χ1n) is 8.40. The molecule has 0 saturated heterocycles. The molecule has 2 nitrogen and oxygen atoms in total. The molecule has 0 unspecified atom stereocenters. The second-order valence-electron chi connectivity index (χ2n) is 5.79. The molecule has 0 aromatic heterocycles. The third-order valence-corrected chi connectivity index (χ3v) is 3.98. The fourth-order valence-electron chi connectivity index (χ4n) is 2.35. The second kappa shape index (κ2) is 13.9. The highest BCUT2D eigenvalue weighted by molar-refractivity contribution is 5.63. The van der Waals surface area contributed by atoms with Crippen LogP contribution in [0.3, 0.4) is 0 Å². The van der Waals surface area contributed by atoms with Gasteiger partial charge < -0.3 is 9.90 Å². The summed E-state index contributed by atoms with van der Waals surface area (Å²) in [7, 11) is 0. The smallest absolute Gasteiger partial charge is 0.0411 e. The summed E-state index contributed by atoms with van der Waals surface area (Å²) in [6.45, 7) is 3.83. The van der Waals surface area contributed by atoms with Crippen molar-refractivity contribution in [3.05, 3.63) is 0 Å². The van der Waals surface area contributed by atoms with Crippen LogP contribution in [0, 0.1) is 5.92 Å². The summed E-state index contributed by atoms with van der Waals surface area (Å²) in [6, 6.07) is 0. The monoisotopic (exact) mass is 269 g/mol. The van der Waals surface area contributed by atoms with Crippen LogP contribution in [0.2, 0.25) is 0 Å². The molecule has 0 aromatic carbocycles. The molecule has 1 rings (SSSR count). The zero-order valence-electron chi connectivity index (χ0n) is 13.1. The molecule has 2 heteroatoms. The molecule has 0 aliphatic heterocycles. The summed E-state index contributed by atoms with van der Waals surface area (Å²) in [5, 5.41) is 9.26. The average molecular weight is 269 g/mol. The number of carboxylic acid groups (broad SMARTS) is 1. The number of rotatable bonds is 10. The summed E-state index contributed by atoms with van der Waals surface area (Å²) in [5.74, 6) is 0.139. The topological polar surface area (TPSA) is 40.1 Å². The van der Waals surface area contributed by atoms with Gasteiger partial charge in [-0.25, -0.2) is 0 Å². The zero-order valence-corrected chi connectivity index (χ0v) is 13.1. The average Bonchev–Trinajstić information content (AvgIpc) is 2.35. The van der Waals surface area contributed by atoms with Crippen LogP contribution in [0.25, 0.3) is 0 Å². The van der Waals surface area contributed by atoms with E-state index in [-0.39, 0.29) is 6.42 Å². The van der Waals surface area contributed by atoms with E-state index >= 15 is 0 Å². The number of hydrogen-bond acceptors (Lipinski definition) is 2. The Morgan fingerprint density at radius 1 is 0.947 bits per heavy atom. The van der Waals surface area contributed by atoms with Crippen LogP contribution in [0.15, 0.2) is 0 Å². The van der Waals surface area contributed by atoms with E-state index in [1.807, 2.05) is 0 Å². The van der Waals surface area contributed by atoms with E-state index < -0.39 is 5.97 Å². The summed E-state index contributed by atoms with van der Waals surface area (Å²) in [5.41, 5.74) is 0. The predicted octanol–water partition coefficient (Wildman–Crippen LogP) is 4.46. The highest BCUT2D eigenvalue weighted by Crippen LogP contribution is 2.31. The Hall–Kier alpha value is -0.530. The lowest BCUT2D eigenvalue weighted by Gasteiger charge is -2.24. The quantitative estimate of drug-likeness (QED) is 0.549. The number of aliphatic carboxylic acids is 1. The van der Waals surface area contributed by atoms with Gasteiger partial charge in [-0.3, -0.25) is 0 Å². The summed E-state index contributed by atoms with van der Waals surface area (Å²) in [6.07, 6.45) is 18.0. The van der Waals surface area contributed by atoms with Crippen molar-refractivity contribution in [2.45, 2.75) is 97.3 Å². The van der Waals surface area contributed by atoms with Crippen molar-refractivity contribution in [3.63, 3.8) is 0 Å².